The number of ether oxygens (including phenoxy) is 1. The van der Waals surface area contributed by atoms with Crippen molar-refractivity contribution in [2.75, 3.05) is 44.2 Å². The number of hydrogen-bond donors (Lipinski definition) is 0. The van der Waals surface area contributed by atoms with Gasteiger partial charge in [0.15, 0.2) is 0 Å². The predicted octanol–water partition coefficient (Wildman–Crippen LogP) is 0.981. The lowest BCUT2D eigenvalue weighted by molar-refractivity contribution is 0.200. The highest BCUT2D eigenvalue weighted by atomic mass is 16.5. The molecule has 0 amide bonds. The monoisotopic (exact) mass is 314 g/mol. The molecule has 1 saturated heterocycles. The normalized spacial score (nSPS) is 15.6. The fourth-order valence-corrected chi connectivity index (χ4v) is 2.67. The fraction of sp³-hybridized carbons (Fsp3) is 0.412. The van der Waals surface area contributed by atoms with E-state index in [2.05, 4.69) is 14.9 Å². The summed E-state index contributed by atoms with van der Waals surface area (Å²) in [6.07, 6.45) is 1.76. The molecule has 0 spiro atoms. The number of benzene rings is 1. The van der Waals surface area contributed by atoms with Crippen molar-refractivity contribution in [1.82, 2.24) is 14.7 Å². The molecule has 2 aromatic rings. The summed E-state index contributed by atoms with van der Waals surface area (Å²) in [5.41, 5.74) is 0.842. The Morgan fingerprint density at radius 3 is 2.57 bits per heavy atom. The zero-order chi connectivity index (χ0) is 16.1. The molecule has 0 bridgehead atoms. The standard InChI is InChI=1S/C17H22N4O2/c1-19-17(22)13-15(14-18-19)21-9-7-20(8-10-21)11-12-23-16-5-3-2-4-6-16/h2-6,13-14H,7-12H2,1H3. The number of para-hydroxylation sites is 1. The third-order valence-electron chi connectivity index (χ3n) is 4.11. The van der Waals surface area contributed by atoms with Crippen LogP contribution in [0.5, 0.6) is 5.75 Å². The van der Waals surface area contributed by atoms with E-state index in [1.54, 1.807) is 19.3 Å². The van der Waals surface area contributed by atoms with Crippen LogP contribution in [0.25, 0.3) is 0 Å². The molecule has 0 N–H and O–H groups in total. The molecule has 1 aliphatic rings. The maximum absolute atomic E-state index is 11.7. The van der Waals surface area contributed by atoms with Gasteiger partial charge in [-0.05, 0) is 12.1 Å². The van der Waals surface area contributed by atoms with Gasteiger partial charge in [0.2, 0.25) is 0 Å². The summed E-state index contributed by atoms with van der Waals surface area (Å²) in [5, 5.41) is 4.08. The van der Waals surface area contributed by atoms with Gasteiger partial charge in [0.1, 0.15) is 12.4 Å². The highest BCUT2D eigenvalue weighted by Crippen LogP contribution is 2.13. The van der Waals surface area contributed by atoms with Crippen molar-refractivity contribution >= 4 is 5.69 Å². The molecule has 23 heavy (non-hydrogen) atoms. The Bertz CT molecular complexity index is 678. The second kappa shape index (κ2) is 7.28. The number of aromatic nitrogens is 2. The van der Waals surface area contributed by atoms with Crippen LogP contribution in [-0.4, -0.2) is 54.0 Å². The number of hydrogen-bond acceptors (Lipinski definition) is 5. The molecule has 1 aliphatic heterocycles. The van der Waals surface area contributed by atoms with E-state index in [-0.39, 0.29) is 5.56 Å². The molecule has 6 nitrogen and oxygen atoms in total. The summed E-state index contributed by atoms with van der Waals surface area (Å²) in [5.74, 6) is 0.914. The van der Waals surface area contributed by atoms with E-state index >= 15 is 0 Å². The zero-order valence-electron chi connectivity index (χ0n) is 13.4. The fourth-order valence-electron chi connectivity index (χ4n) is 2.67. The zero-order valence-corrected chi connectivity index (χ0v) is 13.4. The van der Waals surface area contributed by atoms with Crippen LogP contribution in [0.2, 0.25) is 0 Å². The maximum Gasteiger partial charge on any atom is 0.268 e. The molecular weight excluding hydrogens is 292 g/mol. The van der Waals surface area contributed by atoms with E-state index in [1.807, 2.05) is 30.3 Å². The lowest BCUT2D eigenvalue weighted by Gasteiger charge is -2.35. The highest BCUT2D eigenvalue weighted by Gasteiger charge is 2.17. The lowest BCUT2D eigenvalue weighted by Crippen LogP contribution is -2.47. The third-order valence-corrected chi connectivity index (χ3v) is 4.11. The van der Waals surface area contributed by atoms with Gasteiger partial charge >= 0.3 is 0 Å². The van der Waals surface area contributed by atoms with Gasteiger partial charge in [0.05, 0.1) is 11.9 Å². The van der Waals surface area contributed by atoms with Gasteiger partial charge in [0, 0.05) is 45.8 Å². The lowest BCUT2D eigenvalue weighted by atomic mass is 10.3. The highest BCUT2D eigenvalue weighted by molar-refractivity contribution is 5.43. The molecule has 2 heterocycles. The summed E-state index contributed by atoms with van der Waals surface area (Å²) in [7, 11) is 1.66. The summed E-state index contributed by atoms with van der Waals surface area (Å²) >= 11 is 0. The Hall–Kier alpha value is -2.34. The van der Waals surface area contributed by atoms with E-state index in [9.17, 15) is 4.79 Å². The number of rotatable bonds is 5. The number of aryl methyl sites for hydroxylation is 1. The van der Waals surface area contributed by atoms with Crippen LogP contribution in [0.4, 0.5) is 5.69 Å². The number of nitrogens with zero attached hydrogens (tertiary/aromatic N) is 4. The van der Waals surface area contributed by atoms with Crippen LogP contribution in [0.3, 0.4) is 0 Å². The van der Waals surface area contributed by atoms with Gasteiger partial charge in [-0.3, -0.25) is 9.69 Å². The second-order valence-electron chi connectivity index (χ2n) is 5.67. The van der Waals surface area contributed by atoms with E-state index in [0.29, 0.717) is 6.61 Å². The van der Waals surface area contributed by atoms with Crippen molar-refractivity contribution in [3.8, 4) is 5.75 Å². The smallest absolute Gasteiger partial charge is 0.268 e. The minimum atomic E-state index is -0.0683. The van der Waals surface area contributed by atoms with Crippen LogP contribution < -0.4 is 15.2 Å². The first-order valence-corrected chi connectivity index (χ1v) is 7.91. The molecule has 0 atom stereocenters. The average Bonchev–Trinajstić information content (AvgIpc) is 2.59. The van der Waals surface area contributed by atoms with Gasteiger partial charge < -0.3 is 9.64 Å². The summed E-state index contributed by atoms with van der Waals surface area (Å²) in [6, 6.07) is 11.5. The molecule has 0 radical (unpaired) electrons. The van der Waals surface area contributed by atoms with Crippen LogP contribution in [0.15, 0.2) is 47.4 Å². The van der Waals surface area contributed by atoms with E-state index < -0.39 is 0 Å². The molecular formula is C17H22N4O2. The first-order chi connectivity index (χ1) is 11.2. The van der Waals surface area contributed by atoms with Crippen LogP contribution in [0, 0.1) is 0 Å². The molecule has 0 saturated carbocycles. The maximum atomic E-state index is 11.7. The number of anilines is 1. The van der Waals surface area contributed by atoms with E-state index in [4.69, 9.17) is 4.74 Å². The molecule has 3 rings (SSSR count). The molecule has 0 aliphatic carbocycles. The first-order valence-electron chi connectivity index (χ1n) is 7.91. The van der Waals surface area contributed by atoms with Crippen molar-refractivity contribution in [3.05, 3.63) is 52.9 Å². The van der Waals surface area contributed by atoms with Crippen LogP contribution in [0.1, 0.15) is 0 Å². The molecule has 122 valence electrons. The molecule has 1 aromatic heterocycles. The summed E-state index contributed by atoms with van der Waals surface area (Å²) in [6.45, 7) is 5.34. The average molecular weight is 314 g/mol. The minimum Gasteiger partial charge on any atom is -0.492 e. The van der Waals surface area contributed by atoms with Crippen LogP contribution >= 0.6 is 0 Å². The van der Waals surface area contributed by atoms with Crippen molar-refractivity contribution in [2.24, 2.45) is 7.05 Å². The Kier molecular flexibility index (Phi) is 4.92. The van der Waals surface area contributed by atoms with Crippen LogP contribution in [-0.2, 0) is 7.05 Å². The Labute approximate surface area is 135 Å². The van der Waals surface area contributed by atoms with Gasteiger partial charge in [0.25, 0.3) is 5.56 Å². The van der Waals surface area contributed by atoms with Gasteiger partial charge in [-0.1, -0.05) is 18.2 Å². The SMILES string of the molecule is Cn1ncc(N2CCN(CCOc3ccccc3)CC2)cc1=O. The van der Waals surface area contributed by atoms with Crippen molar-refractivity contribution < 1.29 is 4.74 Å². The predicted molar refractivity (Wildman–Crippen MR) is 90.1 cm³/mol. The van der Waals surface area contributed by atoms with Gasteiger partial charge in [-0.15, -0.1) is 0 Å². The second-order valence-corrected chi connectivity index (χ2v) is 5.67. The Morgan fingerprint density at radius 1 is 1.13 bits per heavy atom. The topological polar surface area (TPSA) is 50.6 Å². The Morgan fingerprint density at radius 2 is 1.87 bits per heavy atom. The Balaban J connectivity index is 1.45. The minimum absolute atomic E-state index is 0.0683. The van der Waals surface area contributed by atoms with Gasteiger partial charge in [-0.25, -0.2) is 4.68 Å². The molecule has 1 fully saturated rings. The largest absolute Gasteiger partial charge is 0.492 e. The van der Waals surface area contributed by atoms with Crippen molar-refractivity contribution in [1.29, 1.82) is 0 Å². The van der Waals surface area contributed by atoms with Crippen molar-refractivity contribution in [3.63, 3.8) is 0 Å². The summed E-state index contributed by atoms with van der Waals surface area (Å²) in [4.78, 5) is 16.3. The van der Waals surface area contributed by atoms with Crippen molar-refractivity contribution in [2.45, 2.75) is 0 Å². The molecule has 1 aromatic carbocycles. The summed E-state index contributed by atoms with van der Waals surface area (Å²) < 4.78 is 7.09. The first kappa shape index (κ1) is 15.6. The third kappa shape index (κ3) is 4.10. The van der Waals surface area contributed by atoms with E-state index in [1.165, 1.54) is 4.68 Å². The number of piperazine rings is 1. The van der Waals surface area contributed by atoms with E-state index in [0.717, 1.165) is 44.2 Å². The quantitative estimate of drug-likeness (QED) is 0.823. The van der Waals surface area contributed by atoms with Gasteiger partial charge in [-0.2, -0.15) is 5.10 Å². The molecule has 6 heteroatoms. The molecule has 0 unspecified atom stereocenters.